The lowest BCUT2D eigenvalue weighted by molar-refractivity contribution is -0.121. The molecule has 1 amide bonds. The molecule has 0 saturated carbocycles. The van der Waals surface area contributed by atoms with E-state index in [1.165, 1.54) is 10.8 Å². The Kier molecular flexibility index (Phi) is 4.74. The summed E-state index contributed by atoms with van der Waals surface area (Å²) in [6.45, 7) is 3.92. The van der Waals surface area contributed by atoms with Gasteiger partial charge in [0.05, 0.1) is 6.04 Å². The van der Waals surface area contributed by atoms with Gasteiger partial charge in [-0.3, -0.25) is 4.79 Å². The van der Waals surface area contributed by atoms with Gasteiger partial charge in [-0.1, -0.05) is 36.4 Å². The average molecular weight is 270 g/mol. The molecule has 0 heterocycles. The Morgan fingerprint density at radius 1 is 1.15 bits per heavy atom. The van der Waals surface area contributed by atoms with E-state index in [4.69, 9.17) is 5.73 Å². The van der Waals surface area contributed by atoms with Crippen molar-refractivity contribution >= 4 is 16.7 Å². The van der Waals surface area contributed by atoms with Crippen LogP contribution in [0.2, 0.25) is 0 Å². The molecule has 2 aromatic rings. The topological polar surface area (TPSA) is 55.1 Å². The van der Waals surface area contributed by atoms with Gasteiger partial charge >= 0.3 is 0 Å². The summed E-state index contributed by atoms with van der Waals surface area (Å²) in [6.07, 6.45) is 1.20. The van der Waals surface area contributed by atoms with E-state index in [1.54, 1.807) is 0 Å². The highest BCUT2D eigenvalue weighted by Crippen LogP contribution is 2.20. The van der Waals surface area contributed by atoms with Crippen LogP contribution in [0, 0.1) is 0 Å². The van der Waals surface area contributed by atoms with E-state index in [9.17, 15) is 4.79 Å². The van der Waals surface area contributed by atoms with Gasteiger partial charge in [-0.25, -0.2) is 0 Å². The summed E-state index contributed by atoms with van der Waals surface area (Å²) >= 11 is 0. The molecule has 2 unspecified atom stereocenters. The molecule has 3 nitrogen and oxygen atoms in total. The molecule has 0 aromatic heterocycles. The zero-order valence-electron chi connectivity index (χ0n) is 12.1. The summed E-state index contributed by atoms with van der Waals surface area (Å²) in [5.41, 5.74) is 6.79. The van der Waals surface area contributed by atoms with Crippen LogP contribution in [0.4, 0.5) is 0 Å². The Balaban J connectivity index is 2.03. The van der Waals surface area contributed by atoms with E-state index in [-0.39, 0.29) is 18.0 Å². The molecule has 0 saturated heterocycles. The number of benzene rings is 2. The quantitative estimate of drug-likeness (QED) is 0.877. The van der Waals surface area contributed by atoms with Crippen LogP contribution >= 0.6 is 0 Å². The fourth-order valence-electron chi connectivity index (χ4n) is 2.23. The molecule has 0 bridgehead atoms. The fourth-order valence-corrected chi connectivity index (χ4v) is 2.23. The highest BCUT2D eigenvalue weighted by Gasteiger charge is 2.10. The van der Waals surface area contributed by atoms with Crippen molar-refractivity contribution in [3.63, 3.8) is 0 Å². The average Bonchev–Trinajstić information content (AvgIpc) is 2.44. The number of nitrogens with two attached hydrogens (primary N) is 1. The van der Waals surface area contributed by atoms with Gasteiger partial charge in [0.25, 0.3) is 0 Å². The molecule has 3 heteroatoms. The monoisotopic (exact) mass is 270 g/mol. The number of fused-ring (bicyclic) bond motifs is 1. The van der Waals surface area contributed by atoms with Gasteiger partial charge in [0.1, 0.15) is 0 Å². The second kappa shape index (κ2) is 6.53. The van der Waals surface area contributed by atoms with Crippen molar-refractivity contribution in [3.05, 3.63) is 48.0 Å². The minimum atomic E-state index is 0.0141. The lowest BCUT2D eigenvalue weighted by Crippen LogP contribution is -2.28. The number of hydrogen-bond acceptors (Lipinski definition) is 2. The normalized spacial score (nSPS) is 13.9. The van der Waals surface area contributed by atoms with Crippen molar-refractivity contribution in [1.82, 2.24) is 5.32 Å². The highest BCUT2D eigenvalue weighted by molar-refractivity contribution is 5.83. The van der Waals surface area contributed by atoms with Crippen LogP contribution in [0.1, 0.15) is 38.3 Å². The number of hydrogen-bond donors (Lipinski definition) is 2. The van der Waals surface area contributed by atoms with Gasteiger partial charge < -0.3 is 11.1 Å². The molecule has 2 aromatic carbocycles. The predicted octanol–water partition coefficient (Wildman–Crippen LogP) is 3.14. The van der Waals surface area contributed by atoms with Crippen molar-refractivity contribution in [2.24, 2.45) is 5.73 Å². The summed E-state index contributed by atoms with van der Waals surface area (Å²) < 4.78 is 0. The molecule has 20 heavy (non-hydrogen) atoms. The molecule has 0 spiro atoms. The Hall–Kier alpha value is -1.87. The number of nitrogens with one attached hydrogen (secondary N) is 1. The van der Waals surface area contributed by atoms with Gasteiger partial charge in [-0.15, -0.1) is 0 Å². The second-order valence-electron chi connectivity index (χ2n) is 5.41. The maximum absolute atomic E-state index is 11.8. The lowest BCUT2D eigenvalue weighted by Gasteiger charge is -2.15. The summed E-state index contributed by atoms with van der Waals surface area (Å²) in [7, 11) is 0. The lowest BCUT2D eigenvalue weighted by atomic mass is 10.0. The molecule has 0 aliphatic rings. The number of rotatable bonds is 5. The zero-order valence-corrected chi connectivity index (χ0v) is 12.1. The van der Waals surface area contributed by atoms with Crippen LogP contribution in [0.3, 0.4) is 0 Å². The van der Waals surface area contributed by atoms with Crippen LogP contribution in [0.25, 0.3) is 10.8 Å². The molecule has 2 atom stereocenters. The molecular formula is C17H22N2O. The highest BCUT2D eigenvalue weighted by atomic mass is 16.1. The molecule has 0 fully saturated rings. The van der Waals surface area contributed by atoms with Gasteiger partial charge in [0, 0.05) is 12.5 Å². The Morgan fingerprint density at radius 2 is 1.85 bits per heavy atom. The molecule has 0 aliphatic carbocycles. The number of carbonyl (C=O) groups is 1. The van der Waals surface area contributed by atoms with E-state index >= 15 is 0 Å². The van der Waals surface area contributed by atoms with Crippen LogP contribution in [0.15, 0.2) is 42.5 Å². The van der Waals surface area contributed by atoms with Gasteiger partial charge in [-0.05, 0) is 42.7 Å². The zero-order chi connectivity index (χ0) is 14.5. The van der Waals surface area contributed by atoms with E-state index in [0.29, 0.717) is 6.42 Å². The Morgan fingerprint density at radius 3 is 2.55 bits per heavy atom. The van der Waals surface area contributed by atoms with Gasteiger partial charge in [-0.2, -0.15) is 0 Å². The van der Waals surface area contributed by atoms with Gasteiger partial charge in [0.15, 0.2) is 0 Å². The molecular weight excluding hydrogens is 248 g/mol. The molecule has 0 radical (unpaired) electrons. The summed E-state index contributed by atoms with van der Waals surface area (Å²) in [6, 6.07) is 14.6. The standard InChI is InChI=1S/C17H22N2O/c1-12(18)7-10-17(20)19-13(2)15-9-8-14-5-3-4-6-16(14)11-15/h3-6,8-9,11-13H,7,10,18H2,1-2H3,(H,19,20). The first kappa shape index (κ1) is 14.5. The molecule has 106 valence electrons. The first-order chi connectivity index (χ1) is 9.56. The SMILES string of the molecule is CC(N)CCC(=O)NC(C)c1ccc2ccccc2c1. The van der Waals surface area contributed by atoms with E-state index in [0.717, 1.165) is 12.0 Å². The van der Waals surface area contributed by atoms with Crippen molar-refractivity contribution in [2.75, 3.05) is 0 Å². The predicted molar refractivity (Wildman–Crippen MR) is 83.4 cm³/mol. The maximum Gasteiger partial charge on any atom is 0.220 e. The summed E-state index contributed by atoms with van der Waals surface area (Å²) in [4.78, 5) is 11.8. The molecule has 3 N–H and O–H groups in total. The van der Waals surface area contributed by atoms with E-state index in [2.05, 4.69) is 35.6 Å². The summed E-state index contributed by atoms with van der Waals surface area (Å²) in [5.74, 6) is 0.0583. The summed E-state index contributed by atoms with van der Waals surface area (Å²) in [5, 5.41) is 5.43. The third-order valence-electron chi connectivity index (χ3n) is 3.48. The van der Waals surface area contributed by atoms with Crippen molar-refractivity contribution < 1.29 is 4.79 Å². The minimum Gasteiger partial charge on any atom is -0.350 e. The smallest absolute Gasteiger partial charge is 0.220 e. The van der Waals surface area contributed by atoms with Crippen molar-refractivity contribution in [1.29, 1.82) is 0 Å². The van der Waals surface area contributed by atoms with Crippen LogP contribution < -0.4 is 11.1 Å². The molecule has 0 aliphatic heterocycles. The third kappa shape index (κ3) is 3.81. The Labute approximate surface area is 120 Å². The van der Waals surface area contributed by atoms with Gasteiger partial charge in [0.2, 0.25) is 5.91 Å². The van der Waals surface area contributed by atoms with Crippen LogP contribution in [-0.4, -0.2) is 11.9 Å². The maximum atomic E-state index is 11.8. The third-order valence-corrected chi connectivity index (χ3v) is 3.48. The first-order valence-electron chi connectivity index (χ1n) is 7.10. The fraction of sp³-hybridized carbons (Fsp3) is 0.353. The van der Waals surface area contributed by atoms with E-state index in [1.807, 2.05) is 26.0 Å². The van der Waals surface area contributed by atoms with E-state index < -0.39 is 0 Å². The molecule has 2 rings (SSSR count). The second-order valence-corrected chi connectivity index (χ2v) is 5.41. The number of amides is 1. The van der Waals surface area contributed by atoms with Crippen LogP contribution in [0.5, 0.6) is 0 Å². The first-order valence-corrected chi connectivity index (χ1v) is 7.10. The largest absolute Gasteiger partial charge is 0.350 e. The van der Waals surface area contributed by atoms with Crippen LogP contribution in [-0.2, 0) is 4.79 Å². The number of carbonyl (C=O) groups excluding carboxylic acids is 1. The Bertz CT molecular complexity index is 592. The van der Waals surface area contributed by atoms with Crippen molar-refractivity contribution in [2.45, 2.75) is 38.8 Å². The van der Waals surface area contributed by atoms with Crippen molar-refractivity contribution in [3.8, 4) is 0 Å². The minimum absolute atomic E-state index is 0.0141.